The first-order chi connectivity index (χ1) is 11.1. The topological polar surface area (TPSA) is 52.7 Å². The Morgan fingerprint density at radius 3 is 2.52 bits per heavy atom. The summed E-state index contributed by atoms with van der Waals surface area (Å²) in [5.41, 5.74) is 3.88. The van der Waals surface area contributed by atoms with Crippen molar-refractivity contribution in [2.24, 2.45) is 0 Å². The minimum Gasteiger partial charge on any atom is -0.270 e. The number of nitrogens with one attached hydrogen (secondary N) is 1. The van der Waals surface area contributed by atoms with E-state index in [1.807, 2.05) is 36.2 Å². The molecule has 0 aromatic heterocycles. The van der Waals surface area contributed by atoms with Gasteiger partial charge in [-0.05, 0) is 37.5 Å². The molecule has 1 aromatic carbocycles. The molecule has 2 heterocycles. The summed E-state index contributed by atoms with van der Waals surface area (Å²) in [6, 6.07) is 6.92. The van der Waals surface area contributed by atoms with Gasteiger partial charge in [-0.15, -0.1) is 0 Å². The minimum atomic E-state index is -0.326. The van der Waals surface area contributed by atoms with Gasteiger partial charge in [0.2, 0.25) is 0 Å². The SMILES string of the molecule is CC1C(c2ccc(Cl)cc2)SC(=O)N1C(=O)NN1CCCCC1. The molecule has 124 valence electrons. The van der Waals surface area contributed by atoms with Crippen LogP contribution in [0.5, 0.6) is 0 Å². The molecule has 3 rings (SSSR count). The molecule has 5 nitrogen and oxygen atoms in total. The van der Waals surface area contributed by atoms with Crippen LogP contribution in [0.25, 0.3) is 0 Å². The van der Waals surface area contributed by atoms with Crippen molar-refractivity contribution in [2.45, 2.75) is 37.5 Å². The van der Waals surface area contributed by atoms with Crippen molar-refractivity contribution in [1.29, 1.82) is 0 Å². The maximum absolute atomic E-state index is 12.5. The monoisotopic (exact) mass is 353 g/mol. The molecular weight excluding hydrogens is 334 g/mol. The molecule has 3 amide bonds. The van der Waals surface area contributed by atoms with Crippen molar-refractivity contribution < 1.29 is 9.59 Å². The first-order valence-corrected chi connectivity index (χ1v) is 9.13. The molecule has 0 radical (unpaired) electrons. The van der Waals surface area contributed by atoms with Gasteiger partial charge in [-0.25, -0.2) is 14.7 Å². The molecule has 2 unspecified atom stereocenters. The fourth-order valence-electron chi connectivity index (χ4n) is 3.03. The highest BCUT2D eigenvalue weighted by Crippen LogP contribution is 2.43. The second-order valence-corrected chi connectivity index (χ2v) is 7.46. The van der Waals surface area contributed by atoms with Gasteiger partial charge in [-0.3, -0.25) is 10.2 Å². The quantitative estimate of drug-likeness (QED) is 0.871. The van der Waals surface area contributed by atoms with Crippen molar-refractivity contribution in [3.63, 3.8) is 0 Å². The molecule has 1 N–H and O–H groups in total. The average Bonchev–Trinajstić information content (AvgIpc) is 2.84. The van der Waals surface area contributed by atoms with Gasteiger partial charge >= 0.3 is 6.03 Å². The maximum Gasteiger partial charge on any atom is 0.339 e. The fourth-order valence-corrected chi connectivity index (χ4v) is 4.35. The molecular formula is C16H20ClN3O2S. The lowest BCUT2D eigenvalue weighted by Crippen LogP contribution is -2.52. The van der Waals surface area contributed by atoms with Crippen molar-refractivity contribution in [2.75, 3.05) is 13.1 Å². The van der Waals surface area contributed by atoms with Gasteiger partial charge in [0.05, 0.1) is 11.3 Å². The Bertz CT molecular complexity index is 589. The van der Waals surface area contributed by atoms with Gasteiger partial charge in [0.15, 0.2) is 0 Å². The molecule has 0 aliphatic carbocycles. The number of halogens is 1. The van der Waals surface area contributed by atoms with E-state index in [0.29, 0.717) is 5.02 Å². The summed E-state index contributed by atoms with van der Waals surface area (Å²) in [7, 11) is 0. The number of imide groups is 1. The normalized spacial score (nSPS) is 25.7. The Kier molecular flexibility index (Phi) is 5.14. The Balaban J connectivity index is 1.69. The summed E-state index contributed by atoms with van der Waals surface area (Å²) in [5, 5.41) is 2.31. The Morgan fingerprint density at radius 2 is 1.87 bits per heavy atom. The van der Waals surface area contributed by atoms with E-state index in [9.17, 15) is 9.59 Å². The molecule has 0 spiro atoms. The largest absolute Gasteiger partial charge is 0.339 e. The number of benzene rings is 1. The summed E-state index contributed by atoms with van der Waals surface area (Å²) in [4.78, 5) is 26.1. The van der Waals surface area contributed by atoms with E-state index in [1.165, 1.54) is 23.1 Å². The Morgan fingerprint density at radius 1 is 1.22 bits per heavy atom. The number of nitrogens with zero attached hydrogens (tertiary/aromatic N) is 2. The number of hydrogen-bond acceptors (Lipinski definition) is 4. The lowest BCUT2D eigenvalue weighted by molar-refractivity contribution is 0.132. The van der Waals surface area contributed by atoms with E-state index in [2.05, 4.69) is 5.43 Å². The number of piperidine rings is 1. The average molecular weight is 354 g/mol. The molecule has 7 heteroatoms. The Labute approximate surface area is 145 Å². The third kappa shape index (κ3) is 3.65. The molecule has 1 aromatic rings. The van der Waals surface area contributed by atoms with Gasteiger partial charge in [0.1, 0.15) is 0 Å². The second-order valence-electron chi connectivity index (χ2n) is 5.93. The van der Waals surface area contributed by atoms with Crippen LogP contribution in [0.1, 0.15) is 37.0 Å². The first kappa shape index (κ1) is 16.6. The lowest BCUT2D eigenvalue weighted by Gasteiger charge is -2.30. The zero-order valence-electron chi connectivity index (χ0n) is 13.0. The van der Waals surface area contributed by atoms with Crippen LogP contribution in [-0.2, 0) is 0 Å². The predicted octanol–water partition coefficient (Wildman–Crippen LogP) is 4.05. The smallest absolute Gasteiger partial charge is 0.270 e. The summed E-state index contributed by atoms with van der Waals surface area (Å²) >= 11 is 7.11. The van der Waals surface area contributed by atoms with Crippen LogP contribution < -0.4 is 5.43 Å². The van der Waals surface area contributed by atoms with Crippen LogP contribution in [0.15, 0.2) is 24.3 Å². The summed E-state index contributed by atoms with van der Waals surface area (Å²) < 4.78 is 0. The highest BCUT2D eigenvalue weighted by Gasteiger charge is 2.42. The molecule has 2 aliphatic rings. The zero-order valence-corrected chi connectivity index (χ0v) is 14.6. The standard InChI is InChI=1S/C16H20ClN3O2S/c1-11-14(12-5-7-13(17)8-6-12)23-16(22)20(11)15(21)18-19-9-3-2-4-10-19/h5-8,11,14H,2-4,9-10H2,1H3,(H,18,21). The van der Waals surface area contributed by atoms with Gasteiger partial charge in [0, 0.05) is 18.1 Å². The van der Waals surface area contributed by atoms with Crippen LogP contribution in [-0.4, -0.2) is 40.3 Å². The van der Waals surface area contributed by atoms with Crippen LogP contribution >= 0.6 is 23.4 Å². The molecule has 0 bridgehead atoms. The zero-order chi connectivity index (χ0) is 16.4. The highest BCUT2D eigenvalue weighted by molar-refractivity contribution is 8.14. The van der Waals surface area contributed by atoms with E-state index in [-0.39, 0.29) is 22.6 Å². The van der Waals surface area contributed by atoms with Crippen molar-refractivity contribution >= 4 is 34.6 Å². The van der Waals surface area contributed by atoms with Gasteiger partial charge in [0.25, 0.3) is 5.24 Å². The van der Waals surface area contributed by atoms with Crippen molar-refractivity contribution in [1.82, 2.24) is 15.3 Å². The number of rotatable bonds is 2. The number of hydrazine groups is 1. The van der Waals surface area contributed by atoms with Gasteiger partial charge < -0.3 is 0 Å². The Hall–Kier alpha value is -1.24. The first-order valence-electron chi connectivity index (χ1n) is 7.87. The van der Waals surface area contributed by atoms with Crippen LogP contribution in [0.2, 0.25) is 5.02 Å². The van der Waals surface area contributed by atoms with Gasteiger partial charge in [-0.1, -0.05) is 41.9 Å². The van der Waals surface area contributed by atoms with Crippen LogP contribution in [0.3, 0.4) is 0 Å². The van der Waals surface area contributed by atoms with E-state index in [4.69, 9.17) is 11.6 Å². The third-order valence-corrected chi connectivity index (χ3v) is 5.87. The maximum atomic E-state index is 12.5. The lowest BCUT2D eigenvalue weighted by atomic mass is 10.1. The van der Waals surface area contributed by atoms with Crippen LogP contribution in [0, 0.1) is 0 Å². The van der Waals surface area contributed by atoms with Gasteiger partial charge in [-0.2, -0.15) is 0 Å². The van der Waals surface area contributed by atoms with E-state index in [0.717, 1.165) is 31.5 Å². The molecule has 2 atom stereocenters. The molecule has 2 fully saturated rings. The summed E-state index contributed by atoms with van der Waals surface area (Å²) in [6.07, 6.45) is 3.35. The van der Waals surface area contributed by atoms with Crippen molar-refractivity contribution in [3.8, 4) is 0 Å². The van der Waals surface area contributed by atoms with E-state index >= 15 is 0 Å². The number of urea groups is 1. The van der Waals surface area contributed by atoms with E-state index in [1.54, 1.807) is 0 Å². The third-order valence-electron chi connectivity index (χ3n) is 4.30. The molecule has 2 aliphatic heterocycles. The predicted molar refractivity (Wildman–Crippen MR) is 92.4 cm³/mol. The minimum absolute atomic E-state index is 0.0631. The number of thioether (sulfide) groups is 1. The molecule has 2 saturated heterocycles. The van der Waals surface area contributed by atoms with Crippen LogP contribution in [0.4, 0.5) is 9.59 Å². The highest BCUT2D eigenvalue weighted by atomic mass is 35.5. The summed E-state index contributed by atoms with van der Waals surface area (Å²) in [5.74, 6) is 0. The second kappa shape index (κ2) is 7.11. The van der Waals surface area contributed by atoms with Crippen molar-refractivity contribution in [3.05, 3.63) is 34.9 Å². The molecule has 23 heavy (non-hydrogen) atoms. The number of amides is 3. The number of hydrogen-bond donors (Lipinski definition) is 1. The summed E-state index contributed by atoms with van der Waals surface area (Å²) in [6.45, 7) is 3.60. The number of carbonyl (C=O) groups is 2. The number of carbonyl (C=O) groups excluding carboxylic acids is 2. The van der Waals surface area contributed by atoms with E-state index < -0.39 is 0 Å². The fraction of sp³-hybridized carbons (Fsp3) is 0.500. The molecule has 0 saturated carbocycles.